The number of rotatable bonds is 8. The van der Waals surface area contributed by atoms with Gasteiger partial charge in [0.05, 0.1) is 5.56 Å². The molecule has 1 aromatic rings. The lowest BCUT2D eigenvalue weighted by molar-refractivity contribution is -0.178. The highest BCUT2D eigenvalue weighted by molar-refractivity contribution is 6.24. The first-order valence-corrected chi connectivity index (χ1v) is 17.0. The Labute approximate surface area is 279 Å². The maximum absolute atomic E-state index is 14.7. The fourth-order valence-corrected chi connectivity index (χ4v) is 9.15. The minimum Gasteiger partial charge on any atom is -0.508 e. The number of aliphatic hydroxyl groups is 3. The van der Waals surface area contributed by atoms with Crippen LogP contribution in [-0.2, 0) is 32.0 Å². The summed E-state index contributed by atoms with van der Waals surface area (Å²) in [5.74, 6) is -5.75. The van der Waals surface area contributed by atoms with Gasteiger partial charge in [-0.15, -0.1) is 0 Å². The van der Waals surface area contributed by atoms with E-state index in [1.807, 2.05) is 61.5 Å². The Balaban J connectivity index is 2.01. The van der Waals surface area contributed by atoms with Crippen molar-refractivity contribution in [2.75, 3.05) is 0 Å². The number of fused-ring (bicyclic) bond motifs is 3. The zero-order valence-electron chi connectivity index (χ0n) is 30.2. The van der Waals surface area contributed by atoms with Crippen LogP contribution in [0.3, 0.4) is 0 Å². The minimum atomic E-state index is -2.66. The number of ketones is 4. The van der Waals surface area contributed by atoms with Crippen LogP contribution < -0.4 is 0 Å². The van der Waals surface area contributed by atoms with Crippen LogP contribution in [0.15, 0.2) is 23.0 Å². The highest BCUT2D eigenvalue weighted by Gasteiger charge is 2.72. The first kappa shape index (κ1) is 36.6. The van der Waals surface area contributed by atoms with Crippen molar-refractivity contribution < 1.29 is 39.6 Å². The number of allylic oxidation sites excluding steroid dienone is 1. The van der Waals surface area contributed by atoms with Crippen molar-refractivity contribution in [2.24, 2.45) is 39.9 Å². The van der Waals surface area contributed by atoms with Gasteiger partial charge >= 0.3 is 0 Å². The van der Waals surface area contributed by atoms with Gasteiger partial charge < -0.3 is 20.4 Å². The van der Waals surface area contributed by atoms with E-state index in [9.17, 15) is 39.6 Å². The van der Waals surface area contributed by atoms with Gasteiger partial charge in [-0.1, -0.05) is 82.2 Å². The molecule has 0 amide bonds. The highest BCUT2D eigenvalue weighted by Crippen LogP contribution is 2.65. The van der Waals surface area contributed by atoms with E-state index in [-0.39, 0.29) is 71.0 Å². The molecule has 0 heterocycles. The first-order chi connectivity index (χ1) is 21.4. The maximum atomic E-state index is 14.7. The summed E-state index contributed by atoms with van der Waals surface area (Å²) in [6.45, 7) is 22.1. The van der Waals surface area contributed by atoms with Crippen LogP contribution in [0.4, 0.5) is 0 Å². The van der Waals surface area contributed by atoms with Gasteiger partial charge in [0.1, 0.15) is 28.6 Å². The Bertz CT molecular complexity index is 1620. The number of hydrogen-bond acceptors (Lipinski definition) is 8. The molecule has 3 aliphatic carbocycles. The summed E-state index contributed by atoms with van der Waals surface area (Å²) in [4.78, 5) is 54.6. The molecule has 8 heteroatoms. The van der Waals surface area contributed by atoms with Crippen molar-refractivity contribution in [1.82, 2.24) is 0 Å². The molecule has 0 bridgehead atoms. The van der Waals surface area contributed by atoms with Gasteiger partial charge in [-0.05, 0) is 66.0 Å². The number of phenolic OH excluding ortho intramolecular Hbond substituents is 1. The summed E-state index contributed by atoms with van der Waals surface area (Å²) < 4.78 is 0. The predicted octanol–water partition coefficient (Wildman–Crippen LogP) is 7.13. The van der Waals surface area contributed by atoms with Crippen LogP contribution in [0.5, 0.6) is 5.75 Å². The molecule has 0 radical (unpaired) electrons. The van der Waals surface area contributed by atoms with Crippen molar-refractivity contribution in [3.05, 3.63) is 45.2 Å². The third-order valence-electron chi connectivity index (χ3n) is 11.1. The maximum Gasteiger partial charge on any atom is 0.203 e. The highest BCUT2D eigenvalue weighted by atomic mass is 16.3. The van der Waals surface area contributed by atoms with E-state index in [1.165, 1.54) is 0 Å². The van der Waals surface area contributed by atoms with Gasteiger partial charge in [0.25, 0.3) is 0 Å². The molecule has 47 heavy (non-hydrogen) atoms. The summed E-state index contributed by atoms with van der Waals surface area (Å²) in [6, 6.07) is 1.91. The predicted molar refractivity (Wildman–Crippen MR) is 181 cm³/mol. The van der Waals surface area contributed by atoms with Crippen molar-refractivity contribution >= 4 is 28.9 Å². The van der Waals surface area contributed by atoms with Gasteiger partial charge in [-0.2, -0.15) is 0 Å². The van der Waals surface area contributed by atoms with E-state index in [0.717, 1.165) is 12.5 Å². The van der Waals surface area contributed by atoms with E-state index >= 15 is 0 Å². The number of benzene rings is 1. The van der Waals surface area contributed by atoms with Crippen LogP contribution in [0.2, 0.25) is 0 Å². The summed E-state index contributed by atoms with van der Waals surface area (Å²) in [5.41, 5.74) is -4.10. The minimum absolute atomic E-state index is 0.0157. The molecule has 0 aromatic heterocycles. The number of carbonyl (C=O) groups excluding carboxylic acids is 4. The van der Waals surface area contributed by atoms with Crippen LogP contribution in [-0.4, -0.2) is 49.2 Å². The largest absolute Gasteiger partial charge is 0.508 e. The Morgan fingerprint density at radius 3 is 2.04 bits per heavy atom. The van der Waals surface area contributed by atoms with E-state index in [4.69, 9.17) is 0 Å². The molecule has 8 nitrogen and oxygen atoms in total. The van der Waals surface area contributed by atoms with Crippen molar-refractivity contribution in [3.8, 4) is 5.75 Å². The summed E-state index contributed by atoms with van der Waals surface area (Å²) >= 11 is 0. The second-order valence-corrected chi connectivity index (χ2v) is 17.2. The fourth-order valence-electron chi connectivity index (χ4n) is 9.15. The lowest BCUT2D eigenvalue weighted by atomic mass is 9.43. The molecule has 258 valence electrons. The Morgan fingerprint density at radius 2 is 1.57 bits per heavy atom. The van der Waals surface area contributed by atoms with Crippen molar-refractivity contribution in [3.63, 3.8) is 0 Å². The topological polar surface area (TPSA) is 149 Å². The number of Topliss-reactive ketones (excluding diaryl/α,β-unsaturated/α-hetero) is 4. The average molecular weight is 651 g/mol. The van der Waals surface area contributed by atoms with Crippen LogP contribution >= 0.6 is 0 Å². The average Bonchev–Trinajstić information content (AvgIpc) is 2.88. The first-order valence-electron chi connectivity index (χ1n) is 17.0. The Hall–Kier alpha value is -3.26. The summed E-state index contributed by atoms with van der Waals surface area (Å²) in [6.07, 6.45) is 0.879. The normalized spacial score (nSPS) is 28.6. The third kappa shape index (κ3) is 5.48. The number of carbonyl (C=O) groups is 4. The quantitative estimate of drug-likeness (QED) is 0.217. The fraction of sp³-hybridized carbons (Fsp3) is 0.641. The standard InChI is InChI=1S/C39H54O8/c1-18(2)23-13-22(14-24(19(3)4)26(41)16-36(8,9)10)31(42)28-25(23)15-37(11)17-38(12)29(20(5)6)32(43)27(21(7)40)34(45)39(38,47)35(46)30(37)33(28)44/h13,18-20,24,29,42,44-45,47H,14-17H2,1-12H3/t24?,29?,37-,38-,39+/m1/s1. The van der Waals surface area contributed by atoms with Gasteiger partial charge in [-0.25, -0.2) is 0 Å². The molecule has 1 aromatic carbocycles. The van der Waals surface area contributed by atoms with Gasteiger partial charge in [0.15, 0.2) is 17.2 Å². The molecule has 3 aliphatic rings. The molecule has 5 atom stereocenters. The van der Waals surface area contributed by atoms with Crippen molar-refractivity contribution in [2.45, 2.75) is 120 Å². The number of aliphatic hydroxyl groups excluding tert-OH is 2. The van der Waals surface area contributed by atoms with Crippen molar-refractivity contribution in [1.29, 1.82) is 0 Å². The van der Waals surface area contributed by atoms with Crippen LogP contribution in [0, 0.1) is 39.9 Å². The molecule has 2 unspecified atom stereocenters. The molecule has 0 spiro atoms. The number of hydrogen-bond donors (Lipinski definition) is 4. The molecule has 4 N–H and O–H groups in total. The van der Waals surface area contributed by atoms with Gasteiger partial charge in [0.2, 0.25) is 5.78 Å². The van der Waals surface area contributed by atoms with Gasteiger partial charge in [-0.3, -0.25) is 19.2 Å². The van der Waals surface area contributed by atoms with E-state index < -0.39 is 56.8 Å². The zero-order valence-corrected chi connectivity index (χ0v) is 30.2. The SMILES string of the molecule is CC(=O)C1=C(O)[C@]2(O)C(=O)C3=C(O)c4c(O)c(CC(C(=O)CC(C)(C)C)C(C)C)cc(C(C)C)c4C[C@]3(C)C[C@]2(C)C(C(C)C)C1=O. The molecule has 0 aliphatic heterocycles. The monoisotopic (exact) mass is 650 g/mol. The summed E-state index contributed by atoms with van der Waals surface area (Å²) in [5, 5.41) is 47.7. The lowest BCUT2D eigenvalue weighted by Crippen LogP contribution is -2.69. The third-order valence-corrected chi connectivity index (χ3v) is 11.1. The molecule has 0 saturated heterocycles. The molecular formula is C39H54O8. The Kier molecular flexibility index (Phi) is 9.11. The number of aromatic hydroxyl groups is 1. The van der Waals surface area contributed by atoms with E-state index in [0.29, 0.717) is 17.5 Å². The van der Waals surface area contributed by atoms with E-state index in [2.05, 4.69) is 0 Å². The lowest BCUT2D eigenvalue weighted by Gasteiger charge is -2.60. The zero-order chi connectivity index (χ0) is 35.9. The smallest absolute Gasteiger partial charge is 0.203 e. The Morgan fingerprint density at radius 1 is 1.00 bits per heavy atom. The second kappa shape index (κ2) is 11.7. The molecular weight excluding hydrogens is 596 g/mol. The molecule has 1 saturated carbocycles. The second-order valence-electron chi connectivity index (χ2n) is 17.2. The van der Waals surface area contributed by atoms with Crippen LogP contribution in [0.1, 0.15) is 124 Å². The molecule has 1 fully saturated rings. The number of phenols is 1. The van der Waals surface area contributed by atoms with E-state index in [1.54, 1.807) is 20.8 Å². The summed E-state index contributed by atoms with van der Waals surface area (Å²) in [7, 11) is 0. The molecule has 4 rings (SSSR count). The van der Waals surface area contributed by atoms with Crippen LogP contribution in [0.25, 0.3) is 5.76 Å². The van der Waals surface area contributed by atoms with Gasteiger partial charge in [0, 0.05) is 34.7 Å².